The maximum atomic E-state index is 7.50. The van der Waals surface area contributed by atoms with Crippen LogP contribution in [0.15, 0.2) is 0 Å². The predicted octanol–water partition coefficient (Wildman–Crippen LogP) is -0.153. The Kier molecular flexibility index (Phi) is 5050. The van der Waals surface area contributed by atoms with Crippen molar-refractivity contribution in [3.63, 3.8) is 0 Å². The Morgan fingerprint density at radius 2 is 0.444 bits per heavy atom. The van der Waals surface area contributed by atoms with Gasteiger partial charge in [-0.3, -0.25) is 0 Å². The van der Waals surface area contributed by atoms with Gasteiger partial charge in [0.1, 0.15) is 0 Å². The first-order valence-electron chi connectivity index (χ1n) is 0.816. The van der Waals surface area contributed by atoms with Gasteiger partial charge in [-0.2, -0.15) is 0 Å². The van der Waals surface area contributed by atoms with E-state index in [1.807, 2.05) is 0 Å². The first kappa shape index (κ1) is 39.2. The van der Waals surface area contributed by atoms with Gasteiger partial charge < -0.3 is 0 Å². The van der Waals surface area contributed by atoms with Gasteiger partial charge in [-0.1, -0.05) is 0 Å². The van der Waals surface area contributed by atoms with Gasteiger partial charge in [0.15, 0.2) is 0 Å². The molecule has 0 rings (SSSR count). The molecule has 9 heavy (non-hydrogen) atoms. The third-order valence-corrected chi connectivity index (χ3v) is 0. The van der Waals surface area contributed by atoms with E-state index in [1.54, 1.807) is 0 Å². The Bertz CT molecular complexity index is 55.5. The van der Waals surface area contributed by atoms with Crippen LogP contribution >= 0.6 is 0 Å². The van der Waals surface area contributed by atoms with Gasteiger partial charge in [0.25, 0.3) is 0 Å². The Hall–Kier alpha value is -0.521. The second kappa shape index (κ2) is 1160. The van der Waals surface area contributed by atoms with E-state index in [1.165, 1.54) is 0 Å². The van der Waals surface area contributed by atoms with Crippen LogP contribution in [-0.4, -0.2) is 0 Å². The van der Waals surface area contributed by atoms with Crippen LogP contribution in [0.3, 0.4) is 0 Å². The van der Waals surface area contributed by atoms with Crippen molar-refractivity contribution in [2.24, 2.45) is 0 Å². The number of hydrogen-bond donors (Lipinski definition) is 0. The molecule has 0 unspecified atom stereocenters. The van der Waals surface area contributed by atoms with Crippen molar-refractivity contribution < 1.29 is 35.7 Å². The molecule has 0 saturated heterocycles. The minimum atomic E-state index is 0. The van der Waals surface area contributed by atoms with E-state index in [0.717, 1.165) is 0 Å². The molecule has 0 fully saturated rings. The molecule has 0 N–H and O–H groups in total. The minimum Gasteiger partial charge on any atom is 2.00 e. The number of rotatable bonds is 0. The molecule has 0 aliphatic heterocycles. The van der Waals surface area contributed by atoms with Gasteiger partial charge in [0.2, 0.25) is 0 Å². The van der Waals surface area contributed by atoms with Crippen molar-refractivity contribution >= 4 is 0 Å². The quantitative estimate of drug-likeness (QED) is 0.273. The van der Waals surface area contributed by atoms with Crippen molar-refractivity contribution in [3.05, 3.63) is 26.6 Å². The third kappa shape index (κ3) is 829. The van der Waals surface area contributed by atoms with Gasteiger partial charge in [-0.05, 0) is 0 Å². The fourth-order valence-corrected chi connectivity index (χ4v) is 0. The van der Waals surface area contributed by atoms with E-state index in [2.05, 4.69) is 26.6 Å². The molecule has 0 bridgehead atoms. The van der Waals surface area contributed by atoms with E-state index in [-0.39, 0.29) is 17.1 Å². The summed E-state index contributed by atoms with van der Waals surface area (Å²) in [7, 11) is 0. The van der Waals surface area contributed by atoms with Crippen LogP contribution in [0.4, 0.5) is 0 Å². The SMILES string of the molecule is [C-]#[O+].[C-]#[O+].[C-]#[O+].[C-]#[O+].[Fe+2]. The Balaban J connectivity index is -0.00000000762. The van der Waals surface area contributed by atoms with E-state index < -0.39 is 0 Å². The summed E-state index contributed by atoms with van der Waals surface area (Å²) in [4.78, 5) is 0. The summed E-state index contributed by atoms with van der Waals surface area (Å²) in [5.41, 5.74) is 0. The van der Waals surface area contributed by atoms with Crippen LogP contribution < -0.4 is 0 Å². The Labute approximate surface area is 63.0 Å². The van der Waals surface area contributed by atoms with E-state index in [0.29, 0.717) is 0 Å². The van der Waals surface area contributed by atoms with Gasteiger partial charge in [-0.15, -0.1) is 0 Å². The van der Waals surface area contributed by atoms with Crippen LogP contribution in [0.25, 0.3) is 0 Å². The monoisotopic (exact) mass is 168 g/mol. The summed E-state index contributed by atoms with van der Waals surface area (Å²) in [6.45, 7) is 18.0. The summed E-state index contributed by atoms with van der Waals surface area (Å²) in [6, 6.07) is 0. The molecule has 0 aromatic heterocycles. The molecule has 46 valence electrons. The molecular formula is C4FeO4+2. The standard InChI is InChI=1S/4CO.Fe/c4*1-2;/q;;;;+2. The average Bonchev–Trinajstić information content (AvgIpc) is 2.03. The molecule has 0 aromatic rings. The summed E-state index contributed by atoms with van der Waals surface area (Å²) in [5, 5.41) is 0. The maximum absolute atomic E-state index is 7.50. The fourth-order valence-electron chi connectivity index (χ4n) is 0. The predicted molar refractivity (Wildman–Crippen MR) is 15.7 cm³/mol. The molecule has 0 heterocycles. The molecule has 4 nitrogen and oxygen atoms in total. The second-order valence-electron chi connectivity index (χ2n) is 0. The van der Waals surface area contributed by atoms with Crippen molar-refractivity contribution in [3.8, 4) is 0 Å². The maximum Gasteiger partial charge on any atom is 2.00 e. The smallest absolute Gasteiger partial charge is 2.00 e. The first-order chi connectivity index (χ1) is 4.00. The van der Waals surface area contributed by atoms with E-state index in [4.69, 9.17) is 18.6 Å². The minimum absolute atomic E-state index is 0. The third-order valence-electron chi connectivity index (χ3n) is 0. The van der Waals surface area contributed by atoms with Gasteiger partial charge >= 0.3 is 62.3 Å². The summed E-state index contributed by atoms with van der Waals surface area (Å²) in [6.07, 6.45) is 0. The second-order valence-corrected chi connectivity index (χ2v) is 0. The van der Waals surface area contributed by atoms with Crippen molar-refractivity contribution in [2.45, 2.75) is 0 Å². The molecule has 0 amide bonds. The topological polar surface area (TPSA) is 79.6 Å². The summed E-state index contributed by atoms with van der Waals surface area (Å²) in [5.74, 6) is 0. The van der Waals surface area contributed by atoms with Crippen molar-refractivity contribution in [1.82, 2.24) is 0 Å². The number of hydrogen-bond acceptors (Lipinski definition) is 0. The summed E-state index contributed by atoms with van der Waals surface area (Å²) < 4.78 is 30.0. The molecule has 0 saturated carbocycles. The molecule has 0 spiro atoms. The van der Waals surface area contributed by atoms with Crippen molar-refractivity contribution in [2.75, 3.05) is 0 Å². The zero-order valence-corrected chi connectivity index (χ0v) is 5.09. The normalized spacial score (nSPS) is 0.889. The van der Waals surface area contributed by atoms with Crippen molar-refractivity contribution in [1.29, 1.82) is 0 Å². The molecular weight excluding hydrogens is 168 g/mol. The largest absolute Gasteiger partial charge is 2.00 e. The first-order valence-corrected chi connectivity index (χ1v) is 0.816. The van der Waals surface area contributed by atoms with Crippen LogP contribution in [0.2, 0.25) is 0 Å². The zero-order chi connectivity index (χ0) is 8.00. The molecule has 0 aliphatic carbocycles. The van der Waals surface area contributed by atoms with Crippen LogP contribution in [0.1, 0.15) is 0 Å². The molecule has 0 aromatic carbocycles. The molecule has 0 atom stereocenters. The molecule has 5 heteroatoms. The van der Waals surface area contributed by atoms with Gasteiger partial charge in [0.05, 0.1) is 0 Å². The van der Waals surface area contributed by atoms with E-state index >= 15 is 0 Å². The van der Waals surface area contributed by atoms with Gasteiger partial charge in [0, 0.05) is 0 Å². The summed E-state index contributed by atoms with van der Waals surface area (Å²) >= 11 is 0. The van der Waals surface area contributed by atoms with Crippen LogP contribution in [0.5, 0.6) is 0 Å². The molecule has 0 radical (unpaired) electrons. The average molecular weight is 168 g/mol. The Morgan fingerprint density at radius 1 is 0.444 bits per heavy atom. The van der Waals surface area contributed by atoms with Crippen LogP contribution in [0, 0.1) is 26.6 Å². The van der Waals surface area contributed by atoms with Gasteiger partial charge in [-0.25, -0.2) is 0 Å². The molecule has 0 aliphatic rings. The Morgan fingerprint density at radius 3 is 0.444 bits per heavy atom. The fraction of sp³-hybridized carbons (Fsp3) is 0. The van der Waals surface area contributed by atoms with E-state index in [9.17, 15) is 0 Å². The zero-order valence-electron chi connectivity index (χ0n) is 3.99. The van der Waals surface area contributed by atoms with Crippen LogP contribution in [-0.2, 0) is 35.7 Å².